The average molecular weight is 433 g/mol. The van der Waals surface area contributed by atoms with Gasteiger partial charge in [0.05, 0.1) is 26.3 Å². The van der Waals surface area contributed by atoms with Gasteiger partial charge in [0.15, 0.2) is 11.5 Å². The number of ether oxygens (including phenoxy) is 3. The number of halogens is 1. The summed E-state index contributed by atoms with van der Waals surface area (Å²) in [6, 6.07) is 9.24. The number of methoxy groups -OCH3 is 2. The SMILES string of the molecule is CCCOC(=O)Nc1ccc(Nc2ncnc3cc(OC)c(OC)cc23)cc1C.Cl. The van der Waals surface area contributed by atoms with Crippen molar-refractivity contribution in [3.63, 3.8) is 0 Å². The summed E-state index contributed by atoms with van der Waals surface area (Å²) in [6.07, 6.45) is 1.81. The van der Waals surface area contributed by atoms with Crippen molar-refractivity contribution in [2.75, 3.05) is 31.5 Å². The van der Waals surface area contributed by atoms with E-state index in [9.17, 15) is 4.79 Å². The first-order valence-corrected chi connectivity index (χ1v) is 9.24. The van der Waals surface area contributed by atoms with Crippen molar-refractivity contribution in [1.82, 2.24) is 9.97 Å². The highest BCUT2D eigenvalue weighted by Crippen LogP contribution is 2.34. The first-order chi connectivity index (χ1) is 14.0. The van der Waals surface area contributed by atoms with Gasteiger partial charge in [-0.15, -0.1) is 12.4 Å². The van der Waals surface area contributed by atoms with E-state index in [1.165, 1.54) is 6.33 Å². The predicted octanol–water partition coefficient (Wildman–Crippen LogP) is 5.08. The predicted molar refractivity (Wildman–Crippen MR) is 120 cm³/mol. The van der Waals surface area contributed by atoms with Crippen LogP contribution < -0.4 is 20.1 Å². The van der Waals surface area contributed by atoms with Crippen LogP contribution in [0.1, 0.15) is 18.9 Å². The molecular weight excluding hydrogens is 408 g/mol. The van der Waals surface area contributed by atoms with E-state index >= 15 is 0 Å². The lowest BCUT2D eigenvalue weighted by atomic mass is 10.1. The van der Waals surface area contributed by atoms with Gasteiger partial charge in [0, 0.05) is 22.8 Å². The number of benzene rings is 2. The summed E-state index contributed by atoms with van der Waals surface area (Å²) in [6.45, 7) is 4.24. The molecule has 2 N–H and O–H groups in total. The molecule has 30 heavy (non-hydrogen) atoms. The Morgan fingerprint density at radius 3 is 2.47 bits per heavy atom. The molecule has 0 aliphatic rings. The van der Waals surface area contributed by atoms with Crippen molar-refractivity contribution >= 4 is 46.6 Å². The molecule has 0 radical (unpaired) electrons. The third-order valence-corrected chi connectivity index (χ3v) is 4.30. The summed E-state index contributed by atoms with van der Waals surface area (Å²) in [5.41, 5.74) is 3.13. The van der Waals surface area contributed by atoms with Gasteiger partial charge in [0.2, 0.25) is 0 Å². The van der Waals surface area contributed by atoms with Gasteiger partial charge >= 0.3 is 6.09 Å². The van der Waals surface area contributed by atoms with Crippen molar-refractivity contribution in [1.29, 1.82) is 0 Å². The van der Waals surface area contributed by atoms with Crippen molar-refractivity contribution in [2.45, 2.75) is 20.3 Å². The Bertz CT molecular complexity index is 1030. The lowest BCUT2D eigenvalue weighted by molar-refractivity contribution is 0.161. The largest absolute Gasteiger partial charge is 0.493 e. The molecule has 1 amide bonds. The highest BCUT2D eigenvalue weighted by Gasteiger charge is 2.12. The molecule has 2 aromatic carbocycles. The quantitative estimate of drug-likeness (QED) is 0.537. The van der Waals surface area contributed by atoms with Gasteiger partial charge in [-0.1, -0.05) is 6.92 Å². The number of anilines is 3. The molecule has 0 aliphatic carbocycles. The molecule has 0 bridgehead atoms. The van der Waals surface area contributed by atoms with E-state index in [-0.39, 0.29) is 12.4 Å². The minimum Gasteiger partial charge on any atom is -0.493 e. The molecule has 0 unspecified atom stereocenters. The molecule has 160 valence electrons. The Morgan fingerprint density at radius 1 is 1.07 bits per heavy atom. The van der Waals surface area contributed by atoms with Gasteiger partial charge in [-0.25, -0.2) is 14.8 Å². The first kappa shape index (κ1) is 23.0. The highest BCUT2D eigenvalue weighted by molar-refractivity contribution is 5.93. The fraction of sp³-hybridized carbons (Fsp3) is 0.286. The normalized spacial score (nSPS) is 10.1. The molecule has 1 aromatic heterocycles. The van der Waals surface area contributed by atoms with Gasteiger partial charge in [0.1, 0.15) is 12.1 Å². The molecule has 3 rings (SSSR count). The van der Waals surface area contributed by atoms with Crippen LogP contribution in [0.25, 0.3) is 10.9 Å². The Kier molecular flexibility index (Phi) is 8.06. The van der Waals surface area contributed by atoms with Gasteiger partial charge in [-0.3, -0.25) is 5.32 Å². The maximum absolute atomic E-state index is 11.8. The van der Waals surface area contributed by atoms with Crippen LogP contribution in [-0.2, 0) is 4.74 Å². The summed E-state index contributed by atoms with van der Waals surface area (Å²) in [5, 5.41) is 6.85. The summed E-state index contributed by atoms with van der Waals surface area (Å²) >= 11 is 0. The third kappa shape index (κ3) is 5.21. The first-order valence-electron chi connectivity index (χ1n) is 9.24. The number of rotatable bonds is 7. The molecule has 0 aliphatic heterocycles. The minimum absolute atomic E-state index is 0. The van der Waals surface area contributed by atoms with Crippen LogP contribution in [0, 0.1) is 6.92 Å². The number of nitrogens with zero attached hydrogens (tertiary/aromatic N) is 2. The van der Waals surface area contributed by atoms with Crippen LogP contribution in [-0.4, -0.2) is 36.9 Å². The fourth-order valence-corrected chi connectivity index (χ4v) is 2.84. The number of fused-ring (bicyclic) bond motifs is 1. The molecule has 0 spiro atoms. The molecule has 0 atom stereocenters. The van der Waals surface area contributed by atoms with E-state index in [1.54, 1.807) is 20.3 Å². The molecule has 9 heteroatoms. The zero-order chi connectivity index (χ0) is 20.8. The van der Waals surface area contributed by atoms with Gasteiger partial charge in [-0.05, 0) is 43.2 Å². The van der Waals surface area contributed by atoms with Crippen LogP contribution in [0.5, 0.6) is 11.5 Å². The smallest absolute Gasteiger partial charge is 0.411 e. The van der Waals surface area contributed by atoms with E-state index in [0.29, 0.717) is 29.6 Å². The zero-order valence-electron chi connectivity index (χ0n) is 17.3. The van der Waals surface area contributed by atoms with E-state index < -0.39 is 6.09 Å². The van der Waals surface area contributed by atoms with E-state index in [1.807, 2.05) is 38.1 Å². The average Bonchev–Trinajstić information content (AvgIpc) is 2.73. The van der Waals surface area contributed by atoms with E-state index in [0.717, 1.165) is 28.6 Å². The molecule has 3 aromatic rings. The fourth-order valence-electron chi connectivity index (χ4n) is 2.84. The zero-order valence-corrected chi connectivity index (χ0v) is 18.1. The molecule has 0 fully saturated rings. The van der Waals surface area contributed by atoms with Crippen LogP contribution in [0.2, 0.25) is 0 Å². The lowest BCUT2D eigenvalue weighted by Crippen LogP contribution is -2.14. The summed E-state index contributed by atoms with van der Waals surface area (Å²) < 4.78 is 15.8. The molecular formula is C21H25ClN4O4. The molecule has 1 heterocycles. The van der Waals surface area contributed by atoms with Gasteiger partial charge in [-0.2, -0.15) is 0 Å². The van der Waals surface area contributed by atoms with E-state index in [4.69, 9.17) is 14.2 Å². The number of hydrogen-bond donors (Lipinski definition) is 2. The van der Waals surface area contributed by atoms with Crippen molar-refractivity contribution in [3.05, 3.63) is 42.2 Å². The number of aryl methyl sites for hydroxylation is 1. The maximum Gasteiger partial charge on any atom is 0.411 e. The second-order valence-corrected chi connectivity index (χ2v) is 6.36. The maximum atomic E-state index is 11.8. The van der Waals surface area contributed by atoms with Crippen LogP contribution in [0.15, 0.2) is 36.7 Å². The van der Waals surface area contributed by atoms with Crippen LogP contribution >= 0.6 is 12.4 Å². The standard InChI is InChI=1S/C21H24N4O4.ClH/c1-5-8-29-21(26)25-16-7-6-14(9-13(16)2)24-20-15-10-18(27-3)19(28-4)11-17(15)22-12-23-20;/h6-7,9-12H,5,8H2,1-4H3,(H,25,26)(H,22,23,24);1H. The topological polar surface area (TPSA) is 94.6 Å². The number of hydrogen-bond acceptors (Lipinski definition) is 7. The lowest BCUT2D eigenvalue weighted by Gasteiger charge is -2.14. The number of carbonyl (C=O) groups excluding carboxylic acids is 1. The summed E-state index contributed by atoms with van der Waals surface area (Å²) in [5.74, 6) is 1.84. The van der Waals surface area contributed by atoms with E-state index in [2.05, 4.69) is 20.6 Å². The van der Waals surface area contributed by atoms with Crippen molar-refractivity contribution < 1.29 is 19.0 Å². The molecule has 0 saturated carbocycles. The molecule has 8 nitrogen and oxygen atoms in total. The Hall–Kier alpha value is -3.26. The second-order valence-electron chi connectivity index (χ2n) is 6.36. The number of nitrogens with one attached hydrogen (secondary N) is 2. The number of amides is 1. The Morgan fingerprint density at radius 2 is 1.80 bits per heavy atom. The third-order valence-electron chi connectivity index (χ3n) is 4.30. The second kappa shape index (κ2) is 10.5. The highest BCUT2D eigenvalue weighted by atomic mass is 35.5. The summed E-state index contributed by atoms with van der Waals surface area (Å²) in [7, 11) is 3.17. The van der Waals surface area contributed by atoms with Gasteiger partial charge < -0.3 is 19.5 Å². The Labute approximate surface area is 181 Å². The minimum atomic E-state index is -0.460. The van der Waals surface area contributed by atoms with Gasteiger partial charge in [0.25, 0.3) is 0 Å². The van der Waals surface area contributed by atoms with Crippen LogP contribution in [0.4, 0.5) is 22.0 Å². The molecule has 0 saturated heterocycles. The summed E-state index contributed by atoms with van der Waals surface area (Å²) in [4.78, 5) is 20.4. The monoisotopic (exact) mass is 432 g/mol. The van der Waals surface area contributed by atoms with Crippen molar-refractivity contribution in [3.8, 4) is 11.5 Å². The number of carbonyl (C=O) groups is 1. The Balaban J connectivity index is 0.00000320. The van der Waals surface area contributed by atoms with Crippen molar-refractivity contribution in [2.24, 2.45) is 0 Å². The number of aromatic nitrogens is 2. The van der Waals surface area contributed by atoms with Crippen LogP contribution in [0.3, 0.4) is 0 Å².